The Hall–Kier alpha value is -1.49. The fourth-order valence-electron chi connectivity index (χ4n) is 1.74. The number of ether oxygens (including phenoxy) is 1. The van der Waals surface area contributed by atoms with Crippen LogP contribution in [0.4, 0.5) is 11.5 Å². The Morgan fingerprint density at radius 2 is 2.21 bits per heavy atom. The molecule has 5 nitrogen and oxygen atoms in total. The van der Waals surface area contributed by atoms with Crippen LogP contribution in [0.15, 0.2) is 12.1 Å². The van der Waals surface area contributed by atoms with E-state index in [9.17, 15) is 5.11 Å². The molecule has 0 spiro atoms. The molecule has 1 atom stereocenters. The number of nitrogens with one attached hydrogen (secondary N) is 1. The zero-order chi connectivity index (χ0) is 13.8. The van der Waals surface area contributed by atoms with Gasteiger partial charge in [0, 0.05) is 0 Å². The van der Waals surface area contributed by atoms with Gasteiger partial charge in [0.2, 0.25) is 5.88 Å². The highest BCUT2D eigenvalue weighted by atomic mass is 16.5. The van der Waals surface area contributed by atoms with Crippen molar-refractivity contribution in [3.05, 3.63) is 12.1 Å². The number of nitrogens with zero attached hydrogens (tertiary/aromatic N) is 1. The molecule has 0 aliphatic heterocycles. The summed E-state index contributed by atoms with van der Waals surface area (Å²) in [5.74, 6) is 2.16. The summed E-state index contributed by atoms with van der Waals surface area (Å²) < 4.78 is 5.64. The van der Waals surface area contributed by atoms with Gasteiger partial charge >= 0.3 is 0 Å². The molecule has 1 aliphatic rings. The minimum absolute atomic E-state index is 0.0209. The lowest BCUT2D eigenvalue weighted by atomic mass is 10.1. The van der Waals surface area contributed by atoms with E-state index in [-0.39, 0.29) is 12.6 Å². The minimum Gasteiger partial charge on any atom is -0.476 e. The average Bonchev–Trinajstić information content (AvgIpc) is 3.19. The van der Waals surface area contributed by atoms with Gasteiger partial charge < -0.3 is 20.9 Å². The lowest BCUT2D eigenvalue weighted by molar-refractivity contribution is 0.248. The Balaban J connectivity index is 2.01. The van der Waals surface area contributed by atoms with Crippen LogP contribution in [-0.4, -0.2) is 29.3 Å². The number of rotatable bonds is 7. The lowest BCUT2D eigenvalue weighted by Gasteiger charge is -2.21. The smallest absolute Gasteiger partial charge is 0.239 e. The molecule has 0 amide bonds. The topological polar surface area (TPSA) is 80.4 Å². The van der Waals surface area contributed by atoms with E-state index in [1.54, 1.807) is 6.07 Å². The standard InChI is InChI=1S/C14H23N3O2/c1-9(2)12(7-18)16-13-6-5-11(15)14(17-13)19-8-10-3-4-10/h5-6,9-10,12,18H,3-4,7-8,15H2,1-2H3,(H,16,17)/t12-/m1/s1. The number of aromatic nitrogens is 1. The quantitative estimate of drug-likeness (QED) is 0.701. The van der Waals surface area contributed by atoms with Gasteiger partial charge in [-0.2, -0.15) is 4.98 Å². The number of aliphatic hydroxyl groups excluding tert-OH is 1. The van der Waals surface area contributed by atoms with Crippen LogP contribution in [0.5, 0.6) is 5.88 Å². The average molecular weight is 265 g/mol. The number of hydrogen-bond donors (Lipinski definition) is 3. The Kier molecular flexibility index (Phi) is 4.47. The van der Waals surface area contributed by atoms with Gasteiger partial charge in [-0.25, -0.2) is 0 Å². The second-order valence-corrected chi connectivity index (χ2v) is 5.52. The van der Waals surface area contributed by atoms with Crippen molar-refractivity contribution in [1.29, 1.82) is 0 Å². The van der Waals surface area contributed by atoms with Crippen LogP contribution in [0.2, 0.25) is 0 Å². The molecule has 0 unspecified atom stereocenters. The van der Waals surface area contributed by atoms with E-state index in [0.717, 1.165) is 0 Å². The third-order valence-corrected chi connectivity index (χ3v) is 3.38. The SMILES string of the molecule is CC(C)[C@@H](CO)Nc1ccc(N)c(OCC2CC2)n1. The Labute approximate surface area is 114 Å². The van der Waals surface area contributed by atoms with Crippen molar-refractivity contribution in [2.24, 2.45) is 11.8 Å². The second kappa shape index (κ2) is 6.10. The summed E-state index contributed by atoms with van der Waals surface area (Å²) in [5.41, 5.74) is 6.41. The number of nitrogens with two attached hydrogens (primary N) is 1. The van der Waals surface area contributed by atoms with Crippen molar-refractivity contribution >= 4 is 11.5 Å². The molecule has 1 heterocycles. The van der Waals surface area contributed by atoms with Crippen LogP contribution in [0.3, 0.4) is 0 Å². The normalized spacial score (nSPS) is 16.4. The number of hydrogen-bond acceptors (Lipinski definition) is 5. The summed E-state index contributed by atoms with van der Waals surface area (Å²) in [6.45, 7) is 4.86. The molecule has 5 heteroatoms. The fraction of sp³-hybridized carbons (Fsp3) is 0.643. The number of anilines is 2. The number of aliphatic hydroxyl groups is 1. The van der Waals surface area contributed by atoms with Crippen LogP contribution in [0, 0.1) is 11.8 Å². The van der Waals surface area contributed by atoms with Crippen LogP contribution >= 0.6 is 0 Å². The Morgan fingerprint density at radius 1 is 1.47 bits per heavy atom. The van der Waals surface area contributed by atoms with Crippen LogP contribution in [0.25, 0.3) is 0 Å². The summed E-state index contributed by atoms with van der Waals surface area (Å²) in [6.07, 6.45) is 2.47. The monoisotopic (exact) mass is 265 g/mol. The summed E-state index contributed by atoms with van der Waals surface area (Å²) in [7, 11) is 0. The van der Waals surface area contributed by atoms with Gasteiger partial charge in [0.15, 0.2) is 0 Å². The van der Waals surface area contributed by atoms with Gasteiger partial charge in [-0.05, 0) is 36.8 Å². The zero-order valence-electron chi connectivity index (χ0n) is 11.6. The highest BCUT2D eigenvalue weighted by Crippen LogP contribution is 2.30. The van der Waals surface area contributed by atoms with E-state index < -0.39 is 0 Å². The highest BCUT2D eigenvalue weighted by molar-refractivity contribution is 5.53. The van der Waals surface area contributed by atoms with Crippen molar-refractivity contribution in [1.82, 2.24) is 4.98 Å². The summed E-state index contributed by atoms with van der Waals surface area (Å²) in [6, 6.07) is 3.57. The largest absolute Gasteiger partial charge is 0.476 e. The Morgan fingerprint density at radius 3 is 2.79 bits per heavy atom. The van der Waals surface area contributed by atoms with E-state index in [0.29, 0.717) is 35.8 Å². The van der Waals surface area contributed by atoms with Gasteiger partial charge in [-0.3, -0.25) is 0 Å². The van der Waals surface area contributed by atoms with E-state index in [4.69, 9.17) is 10.5 Å². The molecular formula is C14H23N3O2. The van der Waals surface area contributed by atoms with Gasteiger partial charge in [-0.1, -0.05) is 13.8 Å². The van der Waals surface area contributed by atoms with Crippen molar-refractivity contribution < 1.29 is 9.84 Å². The first kappa shape index (κ1) is 13.9. The molecule has 0 radical (unpaired) electrons. The van der Waals surface area contributed by atoms with Gasteiger partial charge in [0.05, 0.1) is 24.9 Å². The maximum Gasteiger partial charge on any atom is 0.239 e. The molecule has 4 N–H and O–H groups in total. The molecular weight excluding hydrogens is 242 g/mol. The molecule has 106 valence electrons. The molecule has 1 fully saturated rings. The molecule has 1 aromatic rings. The molecule has 1 saturated carbocycles. The molecule has 1 aromatic heterocycles. The van der Waals surface area contributed by atoms with E-state index in [1.807, 2.05) is 6.07 Å². The maximum atomic E-state index is 9.32. The Bertz CT molecular complexity index is 419. The molecule has 0 saturated heterocycles. The predicted molar refractivity (Wildman–Crippen MR) is 76.2 cm³/mol. The van der Waals surface area contributed by atoms with Gasteiger partial charge in [0.25, 0.3) is 0 Å². The first-order valence-electron chi connectivity index (χ1n) is 6.87. The van der Waals surface area contributed by atoms with E-state index in [2.05, 4.69) is 24.1 Å². The van der Waals surface area contributed by atoms with E-state index in [1.165, 1.54) is 12.8 Å². The van der Waals surface area contributed by atoms with Crippen molar-refractivity contribution in [2.45, 2.75) is 32.7 Å². The zero-order valence-corrected chi connectivity index (χ0v) is 11.6. The minimum atomic E-state index is -0.0209. The first-order valence-corrected chi connectivity index (χ1v) is 6.87. The third kappa shape index (κ3) is 3.99. The second-order valence-electron chi connectivity index (χ2n) is 5.52. The van der Waals surface area contributed by atoms with Crippen LogP contribution in [0.1, 0.15) is 26.7 Å². The summed E-state index contributed by atoms with van der Waals surface area (Å²) in [5, 5.41) is 12.5. The number of nitrogen functional groups attached to an aromatic ring is 1. The van der Waals surface area contributed by atoms with E-state index >= 15 is 0 Å². The number of pyridine rings is 1. The van der Waals surface area contributed by atoms with Crippen molar-refractivity contribution in [3.8, 4) is 5.88 Å². The van der Waals surface area contributed by atoms with Crippen molar-refractivity contribution in [2.75, 3.05) is 24.3 Å². The highest BCUT2D eigenvalue weighted by Gasteiger charge is 2.22. The van der Waals surface area contributed by atoms with Gasteiger partial charge in [-0.15, -0.1) is 0 Å². The summed E-state index contributed by atoms with van der Waals surface area (Å²) in [4.78, 5) is 4.37. The lowest BCUT2D eigenvalue weighted by Crippen LogP contribution is -2.29. The van der Waals surface area contributed by atoms with Crippen LogP contribution < -0.4 is 15.8 Å². The summed E-state index contributed by atoms with van der Waals surface area (Å²) >= 11 is 0. The van der Waals surface area contributed by atoms with Gasteiger partial charge in [0.1, 0.15) is 5.82 Å². The fourth-order valence-corrected chi connectivity index (χ4v) is 1.74. The predicted octanol–water partition coefficient (Wildman–Crippen LogP) is 1.88. The first-order chi connectivity index (χ1) is 9.10. The molecule has 2 rings (SSSR count). The molecule has 0 aromatic carbocycles. The molecule has 1 aliphatic carbocycles. The molecule has 0 bridgehead atoms. The van der Waals surface area contributed by atoms with Crippen molar-refractivity contribution in [3.63, 3.8) is 0 Å². The van der Waals surface area contributed by atoms with Crippen LogP contribution in [-0.2, 0) is 0 Å². The third-order valence-electron chi connectivity index (χ3n) is 3.38. The molecule has 19 heavy (non-hydrogen) atoms. The maximum absolute atomic E-state index is 9.32.